The van der Waals surface area contributed by atoms with E-state index in [1.807, 2.05) is 0 Å². The molecule has 1 amide bonds. The molecule has 1 aromatic carbocycles. The molecule has 0 saturated carbocycles. The first kappa shape index (κ1) is 22.6. The van der Waals surface area contributed by atoms with Crippen molar-refractivity contribution in [2.24, 2.45) is 0 Å². The Balaban J connectivity index is 2.11. The Hall–Kier alpha value is -2.72. The Bertz CT molecular complexity index is 902. The summed E-state index contributed by atoms with van der Waals surface area (Å²) >= 11 is 0. The number of anilines is 2. The molecule has 0 fully saturated rings. The highest BCUT2D eigenvalue weighted by Gasteiger charge is 2.26. The summed E-state index contributed by atoms with van der Waals surface area (Å²) in [6.07, 6.45) is 3.38. The molecule has 0 saturated heterocycles. The van der Waals surface area contributed by atoms with Gasteiger partial charge in [-0.25, -0.2) is 18.4 Å². The molecule has 1 aromatic heterocycles. The average molecular weight is 422 g/mol. The second-order valence-corrected chi connectivity index (χ2v) is 7.89. The third-order valence-corrected chi connectivity index (χ3v) is 6.12. The number of benzene rings is 1. The van der Waals surface area contributed by atoms with Crippen LogP contribution in [0.3, 0.4) is 0 Å². The Morgan fingerprint density at radius 2 is 1.83 bits per heavy atom. The van der Waals surface area contributed by atoms with Crippen molar-refractivity contribution in [3.05, 3.63) is 36.7 Å². The van der Waals surface area contributed by atoms with Crippen LogP contribution in [0.15, 0.2) is 41.6 Å². The predicted molar refractivity (Wildman–Crippen MR) is 111 cm³/mol. The molecule has 158 valence electrons. The fourth-order valence-electron chi connectivity index (χ4n) is 2.67. The molecule has 0 radical (unpaired) electrons. The number of sulfonamides is 1. The Labute approximate surface area is 171 Å². The van der Waals surface area contributed by atoms with E-state index in [1.165, 1.54) is 10.4 Å². The molecule has 2 aromatic rings. The Morgan fingerprint density at radius 3 is 2.45 bits per heavy atom. The summed E-state index contributed by atoms with van der Waals surface area (Å²) < 4.78 is 32.8. The maximum atomic E-state index is 13.0. The maximum Gasteiger partial charge on any atom is 0.246 e. The van der Waals surface area contributed by atoms with E-state index in [0.29, 0.717) is 37.9 Å². The minimum atomic E-state index is -3.74. The summed E-state index contributed by atoms with van der Waals surface area (Å²) in [6, 6.07) is 6.32. The second-order valence-electron chi connectivity index (χ2n) is 5.98. The van der Waals surface area contributed by atoms with Gasteiger partial charge in [-0.15, -0.1) is 0 Å². The smallest absolute Gasteiger partial charge is 0.246 e. The summed E-state index contributed by atoms with van der Waals surface area (Å²) in [4.78, 5) is 20.3. The molecular formula is C19H27N5O4S. The molecule has 0 bridgehead atoms. The van der Waals surface area contributed by atoms with Crippen molar-refractivity contribution in [3.8, 4) is 5.75 Å². The van der Waals surface area contributed by atoms with Crippen LogP contribution in [-0.4, -0.2) is 54.8 Å². The monoisotopic (exact) mass is 421 g/mol. The van der Waals surface area contributed by atoms with Crippen LogP contribution in [0, 0.1) is 0 Å². The first-order chi connectivity index (χ1) is 13.9. The van der Waals surface area contributed by atoms with Crippen LogP contribution in [0.2, 0.25) is 0 Å². The van der Waals surface area contributed by atoms with Gasteiger partial charge >= 0.3 is 0 Å². The van der Waals surface area contributed by atoms with Crippen LogP contribution in [0.1, 0.15) is 27.2 Å². The third-order valence-electron chi connectivity index (χ3n) is 4.05. The molecule has 9 nitrogen and oxygen atoms in total. The van der Waals surface area contributed by atoms with Crippen LogP contribution in [-0.2, 0) is 14.8 Å². The van der Waals surface area contributed by atoms with E-state index in [9.17, 15) is 13.2 Å². The summed E-state index contributed by atoms with van der Waals surface area (Å²) in [5, 5.41) is 5.67. The Morgan fingerprint density at radius 1 is 1.14 bits per heavy atom. The topological polar surface area (TPSA) is 114 Å². The van der Waals surface area contributed by atoms with Gasteiger partial charge in [0.15, 0.2) is 0 Å². The van der Waals surface area contributed by atoms with E-state index in [4.69, 9.17) is 4.74 Å². The number of rotatable bonds is 11. The van der Waals surface area contributed by atoms with Gasteiger partial charge in [-0.2, -0.15) is 4.31 Å². The van der Waals surface area contributed by atoms with Crippen molar-refractivity contribution >= 4 is 27.6 Å². The molecule has 2 rings (SSSR count). The number of amides is 1. The van der Waals surface area contributed by atoms with Gasteiger partial charge in [-0.05, 0) is 31.2 Å². The molecule has 0 unspecified atom stereocenters. The second kappa shape index (κ2) is 10.7. The van der Waals surface area contributed by atoms with E-state index in [-0.39, 0.29) is 23.0 Å². The number of nitrogens with zero attached hydrogens (tertiary/aromatic N) is 3. The number of hydrogen-bond donors (Lipinski definition) is 2. The molecule has 0 spiro atoms. The van der Waals surface area contributed by atoms with Crippen LogP contribution in [0.25, 0.3) is 0 Å². The number of hydrogen-bond acceptors (Lipinski definition) is 7. The lowest BCUT2D eigenvalue weighted by Crippen LogP contribution is -2.31. The molecule has 0 aliphatic rings. The zero-order valence-corrected chi connectivity index (χ0v) is 17.7. The van der Waals surface area contributed by atoms with E-state index < -0.39 is 10.0 Å². The summed E-state index contributed by atoms with van der Waals surface area (Å²) in [7, 11) is -3.74. The van der Waals surface area contributed by atoms with Crippen molar-refractivity contribution in [2.45, 2.75) is 32.1 Å². The van der Waals surface area contributed by atoms with Crippen molar-refractivity contribution in [3.63, 3.8) is 0 Å². The number of ether oxygens (including phenoxy) is 1. The quantitative estimate of drug-likeness (QED) is 0.572. The van der Waals surface area contributed by atoms with Gasteiger partial charge in [0.1, 0.15) is 10.6 Å². The number of carbonyl (C=O) groups is 1. The lowest BCUT2D eigenvalue weighted by Gasteiger charge is -2.21. The fourth-order valence-corrected chi connectivity index (χ4v) is 4.28. The first-order valence-corrected chi connectivity index (χ1v) is 10.9. The highest BCUT2D eigenvalue weighted by atomic mass is 32.2. The van der Waals surface area contributed by atoms with Gasteiger partial charge in [-0.3, -0.25) is 4.79 Å². The fraction of sp³-hybridized carbons (Fsp3) is 0.421. The molecule has 29 heavy (non-hydrogen) atoms. The number of aromatic nitrogens is 2. The molecule has 2 N–H and O–H groups in total. The van der Waals surface area contributed by atoms with Gasteiger partial charge in [0.2, 0.25) is 21.9 Å². The van der Waals surface area contributed by atoms with E-state index >= 15 is 0 Å². The minimum Gasteiger partial charge on any atom is -0.492 e. The summed E-state index contributed by atoms with van der Waals surface area (Å²) in [5.41, 5.74) is 0.389. The van der Waals surface area contributed by atoms with Crippen molar-refractivity contribution in [1.29, 1.82) is 0 Å². The van der Waals surface area contributed by atoms with Gasteiger partial charge < -0.3 is 15.4 Å². The highest BCUT2D eigenvalue weighted by molar-refractivity contribution is 7.89. The van der Waals surface area contributed by atoms with Crippen LogP contribution < -0.4 is 15.4 Å². The normalized spacial score (nSPS) is 11.3. The van der Waals surface area contributed by atoms with Gasteiger partial charge in [0.25, 0.3) is 0 Å². The minimum absolute atomic E-state index is 0.0386. The lowest BCUT2D eigenvalue weighted by atomic mass is 10.3. The SMILES string of the molecule is CCOc1ccc(NC(=O)CCNc2ncccn2)cc1S(=O)(=O)N(CC)CC. The van der Waals surface area contributed by atoms with E-state index in [0.717, 1.165) is 0 Å². The van der Waals surface area contributed by atoms with Crippen LogP contribution in [0.5, 0.6) is 5.75 Å². The molecule has 1 heterocycles. The molecule has 10 heteroatoms. The van der Waals surface area contributed by atoms with Crippen molar-refractivity contribution < 1.29 is 17.9 Å². The van der Waals surface area contributed by atoms with Crippen LogP contribution >= 0.6 is 0 Å². The van der Waals surface area contributed by atoms with E-state index in [1.54, 1.807) is 51.4 Å². The Kier molecular flexibility index (Phi) is 8.34. The number of nitrogens with one attached hydrogen (secondary N) is 2. The van der Waals surface area contributed by atoms with Crippen LogP contribution in [0.4, 0.5) is 11.6 Å². The van der Waals surface area contributed by atoms with E-state index in [2.05, 4.69) is 20.6 Å². The zero-order valence-electron chi connectivity index (χ0n) is 16.9. The highest BCUT2D eigenvalue weighted by Crippen LogP contribution is 2.30. The predicted octanol–water partition coefficient (Wildman–Crippen LogP) is 2.35. The summed E-state index contributed by atoms with van der Waals surface area (Å²) in [5.74, 6) is 0.443. The molecule has 0 atom stereocenters. The first-order valence-electron chi connectivity index (χ1n) is 9.50. The lowest BCUT2D eigenvalue weighted by molar-refractivity contribution is -0.115. The van der Waals surface area contributed by atoms with Gasteiger partial charge in [0, 0.05) is 44.1 Å². The van der Waals surface area contributed by atoms with Crippen molar-refractivity contribution in [1.82, 2.24) is 14.3 Å². The largest absolute Gasteiger partial charge is 0.492 e. The van der Waals surface area contributed by atoms with Gasteiger partial charge in [-0.1, -0.05) is 13.8 Å². The van der Waals surface area contributed by atoms with Gasteiger partial charge in [0.05, 0.1) is 6.61 Å². The third kappa shape index (κ3) is 6.13. The molecule has 0 aliphatic carbocycles. The van der Waals surface area contributed by atoms with Crippen molar-refractivity contribution in [2.75, 3.05) is 36.9 Å². The maximum absolute atomic E-state index is 13.0. The summed E-state index contributed by atoms with van der Waals surface area (Å²) in [6.45, 7) is 6.69. The average Bonchev–Trinajstić information content (AvgIpc) is 2.71. The zero-order chi connectivity index (χ0) is 21.3. The standard InChI is InChI=1S/C19H27N5O4S/c1-4-24(5-2)29(26,27)17-14-15(8-9-16(17)28-6-3)23-18(25)10-13-22-19-20-11-7-12-21-19/h7-9,11-12,14H,4-6,10,13H2,1-3H3,(H,23,25)(H,20,21,22). The molecular weight excluding hydrogens is 394 g/mol. The molecule has 0 aliphatic heterocycles. The number of carbonyl (C=O) groups excluding carboxylic acids is 1.